The number of hydrogen-bond acceptors (Lipinski definition) is 3. The Kier molecular flexibility index (Phi) is 5.95. The minimum atomic E-state index is 0.574. The number of thioether (sulfide) groups is 1. The van der Waals surface area contributed by atoms with Crippen molar-refractivity contribution in [3.8, 4) is 0 Å². The van der Waals surface area contributed by atoms with Crippen molar-refractivity contribution in [2.24, 2.45) is 0 Å². The largest absolute Gasteiger partial charge is 0.385 e. The van der Waals surface area contributed by atoms with Gasteiger partial charge in [0.2, 0.25) is 5.39 Å². The number of nitrogens with zero attached hydrogens (tertiary/aromatic N) is 3. The Morgan fingerprint density at radius 2 is 1.88 bits per heavy atom. The van der Waals surface area contributed by atoms with Crippen LogP contribution in [0.1, 0.15) is 19.4 Å². The molecule has 5 heteroatoms. The van der Waals surface area contributed by atoms with E-state index in [-0.39, 0.29) is 0 Å². The number of rotatable bonds is 4. The summed E-state index contributed by atoms with van der Waals surface area (Å²) in [6.45, 7) is 6.11. The van der Waals surface area contributed by atoms with Crippen LogP contribution in [0.25, 0.3) is 4.98 Å². The lowest BCUT2D eigenvalue weighted by atomic mass is 10.2. The van der Waals surface area contributed by atoms with E-state index >= 15 is 0 Å². The van der Waals surface area contributed by atoms with E-state index in [0.29, 0.717) is 5.69 Å². The van der Waals surface area contributed by atoms with Crippen molar-refractivity contribution in [2.75, 3.05) is 13.1 Å². The van der Waals surface area contributed by atoms with Gasteiger partial charge >= 0.3 is 5.69 Å². The molecule has 0 heterocycles. The van der Waals surface area contributed by atoms with Gasteiger partial charge < -0.3 is 4.90 Å². The van der Waals surface area contributed by atoms with E-state index in [2.05, 4.69) is 23.7 Å². The van der Waals surface area contributed by atoms with Gasteiger partial charge in [-0.15, -0.1) is 0 Å². The van der Waals surface area contributed by atoms with Gasteiger partial charge in [0.15, 0.2) is 4.98 Å². The lowest BCUT2D eigenvalue weighted by Crippen LogP contribution is -2.26. The van der Waals surface area contributed by atoms with Gasteiger partial charge in [-0.3, -0.25) is 0 Å². The van der Waals surface area contributed by atoms with E-state index in [0.717, 1.165) is 23.2 Å². The highest BCUT2D eigenvalue weighted by molar-refractivity contribution is 8.22. The van der Waals surface area contributed by atoms with Crippen molar-refractivity contribution < 1.29 is 0 Å². The normalized spacial score (nSPS) is 9.71. The quantitative estimate of drug-likeness (QED) is 0.608. The van der Waals surface area contributed by atoms with Crippen molar-refractivity contribution in [3.05, 3.63) is 34.8 Å². The molecule has 0 aliphatic heterocycles. The third kappa shape index (κ3) is 4.33. The summed E-state index contributed by atoms with van der Waals surface area (Å²) < 4.78 is 0.936. The van der Waals surface area contributed by atoms with Crippen LogP contribution >= 0.6 is 24.0 Å². The van der Waals surface area contributed by atoms with E-state index in [1.807, 2.05) is 12.1 Å². The molecule has 0 amide bonds. The Bertz CT molecular complexity index is 405. The van der Waals surface area contributed by atoms with Crippen molar-refractivity contribution in [2.45, 2.75) is 19.6 Å². The standard InChI is InChI=1S/C12H16N3S2/c1-3-15(4-2)12(16)17-9-10-5-7-11(14-13)8-6-10/h5-8H,3-4,9H2,1-2H3/q+1. The minimum Gasteiger partial charge on any atom is -0.358 e. The molecule has 0 aliphatic carbocycles. The Hall–Kier alpha value is -1.12. The molecule has 0 unspecified atom stereocenters. The summed E-state index contributed by atoms with van der Waals surface area (Å²) in [5.41, 5.74) is 1.75. The van der Waals surface area contributed by atoms with Gasteiger partial charge in [0, 0.05) is 31.0 Å². The molecule has 0 saturated heterocycles. The van der Waals surface area contributed by atoms with Gasteiger partial charge in [-0.05, 0) is 19.4 Å². The van der Waals surface area contributed by atoms with Crippen molar-refractivity contribution in [1.82, 2.24) is 4.90 Å². The van der Waals surface area contributed by atoms with E-state index in [1.165, 1.54) is 5.56 Å². The Labute approximate surface area is 112 Å². The zero-order valence-electron chi connectivity index (χ0n) is 10.1. The van der Waals surface area contributed by atoms with Gasteiger partial charge in [0.05, 0.1) is 0 Å². The topological polar surface area (TPSA) is 31.4 Å². The number of diazo groups is 1. The van der Waals surface area contributed by atoms with Crippen LogP contribution in [0.4, 0.5) is 5.69 Å². The fourth-order valence-electron chi connectivity index (χ4n) is 1.38. The average molecular weight is 266 g/mol. The third-order valence-corrected chi connectivity index (χ3v) is 4.03. The fourth-order valence-corrected chi connectivity index (χ4v) is 2.74. The summed E-state index contributed by atoms with van der Waals surface area (Å²) in [7, 11) is 0. The van der Waals surface area contributed by atoms with Crippen LogP contribution < -0.4 is 0 Å². The van der Waals surface area contributed by atoms with Gasteiger partial charge in [-0.2, -0.15) is 0 Å². The van der Waals surface area contributed by atoms with E-state index in [9.17, 15) is 0 Å². The Morgan fingerprint density at radius 1 is 1.29 bits per heavy atom. The monoisotopic (exact) mass is 266 g/mol. The molecule has 1 rings (SSSR count). The van der Waals surface area contributed by atoms with Crippen LogP contribution in [0.15, 0.2) is 24.3 Å². The first-order valence-corrected chi connectivity index (χ1v) is 6.96. The lowest BCUT2D eigenvalue weighted by Gasteiger charge is -2.20. The summed E-state index contributed by atoms with van der Waals surface area (Å²) in [5, 5.41) is 8.58. The SMILES string of the molecule is CCN(CC)C(=S)SCc1ccc([N+]#N)cc1. The molecule has 0 saturated carbocycles. The molecule has 90 valence electrons. The maximum absolute atomic E-state index is 8.58. The summed E-state index contributed by atoms with van der Waals surface area (Å²) in [6, 6.07) is 7.48. The summed E-state index contributed by atoms with van der Waals surface area (Å²) in [6.07, 6.45) is 0. The molecule has 0 spiro atoms. The van der Waals surface area contributed by atoms with Crippen molar-refractivity contribution in [1.29, 1.82) is 5.39 Å². The minimum absolute atomic E-state index is 0.574. The second-order valence-electron chi connectivity index (χ2n) is 3.49. The van der Waals surface area contributed by atoms with Crippen LogP contribution in [0.5, 0.6) is 0 Å². The highest BCUT2D eigenvalue weighted by atomic mass is 32.2. The van der Waals surface area contributed by atoms with Crippen LogP contribution in [0.2, 0.25) is 0 Å². The fraction of sp³-hybridized carbons (Fsp3) is 0.417. The molecule has 0 radical (unpaired) electrons. The lowest BCUT2D eigenvalue weighted by molar-refractivity contribution is 0.482. The molecule has 17 heavy (non-hydrogen) atoms. The predicted octanol–water partition coefficient (Wildman–Crippen LogP) is 4.03. The zero-order chi connectivity index (χ0) is 12.7. The highest BCUT2D eigenvalue weighted by Crippen LogP contribution is 2.19. The molecule has 3 nitrogen and oxygen atoms in total. The molecule has 1 aromatic carbocycles. The summed E-state index contributed by atoms with van der Waals surface area (Å²) in [4.78, 5) is 5.28. The van der Waals surface area contributed by atoms with E-state index < -0.39 is 0 Å². The van der Waals surface area contributed by atoms with Crippen molar-refractivity contribution in [3.63, 3.8) is 0 Å². The van der Waals surface area contributed by atoms with E-state index in [4.69, 9.17) is 17.6 Å². The Balaban J connectivity index is 2.50. The summed E-state index contributed by atoms with van der Waals surface area (Å²) in [5.74, 6) is 0.848. The van der Waals surface area contributed by atoms with Crippen LogP contribution in [0.3, 0.4) is 0 Å². The molecular formula is C12H16N3S2+. The smallest absolute Gasteiger partial charge is 0.358 e. The first kappa shape index (κ1) is 13.9. The summed E-state index contributed by atoms with van der Waals surface area (Å²) >= 11 is 7.02. The number of thiocarbonyl (C=S) groups is 1. The van der Waals surface area contributed by atoms with Crippen molar-refractivity contribution >= 4 is 34.0 Å². The van der Waals surface area contributed by atoms with Gasteiger partial charge in [0.25, 0.3) is 0 Å². The van der Waals surface area contributed by atoms with E-state index in [1.54, 1.807) is 23.9 Å². The second kappa shape index (κ2) is 7.25. The first-order chi connectivity index (χ1) is 8.21. The molecule has 0 bridgehead atoms. The predicted molar refractivity (Wildman–Crippen MR) is 78.0 cm³/mol. The van der Waals surface area contributed by atoms with Crippen LogP contribution in [-0.4, -0.2) is 22.3 Å². The number of benzene rings is 1. The second-order valence-corrected chi connectivity index (χ2v) is 5.10. The third-order valence-electron chi connectivity index (χ3n) is 2.44. The zero-order valence-corrected chi connectivity index (χ0v) is 11.7. The molecule has 0 aliphatic rings. The molecule has 0 aromatic heterocycles. The van der Waals surface area contributed by atoms with Gasteiger partial charge in [-0.25, -0.2) is 0 Å². The average Bonchev–Trinajstić information content (AvgIpc) is 2.38. The molecule has 0 fully saturated rings. The molecule has 0 N–H and O–H groups in total. The maximum Gasteiger partial charge on any atom is 0.385 e. The Morgan fingerprint density at radius 3 is 2.35 bits per heavy atom. The van der Waals surface area contributed by atoms with Crippen LogP contribution in [-0.2, 0) is 5.75 Å². The molecular weight excluding hydrogens is 250 g/mol. The van der Waals surface area contributed by atoms with Crippen LogP contribution in [0, 0.1) is 5.39 Å². The first-order valence-electron chi connectivity index (χ1n) is 5.57. The molecule has 1 aromatic rings. The molecule has 0 atom stereocenters. The highest BCUT2D eigenvalue weighted by Gasteiger charge is 2.07. The van der Waals surface area contributed by atoms with Gasteiger partial charge in [-0.1, -0.05) is 36.1 Å². The maximum atomic E-state index is 8.58. The number of hydrogen-bond donors (Lipinski definition) is 0. The van der Waals surface area contributed by atoms with Gasteiger partial charge in [0.1, 0.15) is 4.32 Å².